The van der Waals surface area contributed by atoms with E-state index in [-0.39, 0.29) is 5.78 Å². The highest BCUT2D eigenvalue weighted by molar-refractivity contribution is 7.98. The summed E-state index contributed by atoms with van der Waals surface area (Å²) < 4.78 is 5.40. The van der Waals surface area contributed by atoms with Crippen LogP contribution < -0.4 is 4.74 Å². The number of aryl methyl sites for hydroxylation is 2. The zero-order chi connectivity index (χ0) is 15.4. The number of rotatable bonds is 5. The van der Waals surface area contributed by atoms with E-state index < -0.39 is 0 Å². The number of carbonyl (C=O) groups excluding carboxylic acids is 1. The molecule has 0 aliphatic rings. The molecule has 0 saturated carbocycles. The largest absolute Gasteiger partial charge is 0.496 e. The van der Waals surface area contributed by atoms with Gasteiger partial charge in [0.1, 0.15) is 5.75 Å². The molecule has 2 aromatic carbocycles. The Kier molecular flexibility index (Phi) is 5.07. The van der Waals surface area contributed by atoms with Gasteiger partial charge in [0.25, 0.3) is 0 Å². The third kappa shape index (κ3) is 3.88. The molecule has 0 aliphatic carbocycles. The average Bonchev–Trinajstić information content (AvgIpc) is 2.47. The number of methoxy groups -OCH3 is 1. The fourth-order valence-electron chi connectivity index (χ4n) is 2.13. The molecule has 2 nitrogen and oxygen atoms in total. The monoisotopic (exact) mass is 300 g/mol. The van der Waals surface area contributed by atoms with Crippen molar-refractivity contribution in [3.05, 3.63) is 58.7 Å². The van der Waals surface area contributed by atoms with Gasteiger partial charge in [-0.25, -0.2) is 0 Å². The summed E-state index contributed by atoms with van der Waals surface area (Å²) in [6.45, 7) is 5.80. The summed E-state index contributed by atoms with van der Waals surface area (Å²) in [4.78, 5) is 12.8. The van der Waals surface area contributed by atoms with Crippen molar-refractivity contribution in [3.63, 3.8) is 0 Å². The van der Waals surface area contributed by atoms with Gasteiger partial charge in [-0.15, -0.1) is 11.8 Å². The summed E-state index contributed by atoms with van der Waals surface area (Å²) in [5, 5.41) is 0. The van der Waals surface area contributed by atoms with Gasteiger partial charge in [0.15, 0.2) is 5.78 Å². The van der Waals surface area contributed by atoms with Crippen molar-refractivity contribution in [1.29, 1.82) is 0 Å². The van der Waals surface area contributed by atoms with E-state index in [1.165, 1.54) is 16.0 Å². The maximum Gasteiger partial charge on any atom is 0.159 e. The highest BCUT2D eigenvalue weighted by Crippen LogP contribution is 2.31. The van der Waals surface area contributed by atoms with E-state index in [4.69, 9.17) is 4.74 Å². The van der Waals surface area contributed by atoms with Crippen LogP contribution >= 0.6 is 11.8 Å². The molecule has 0 atom stereocenters. The summed E-state index contributed by atoms with van der Waals surface area (Å²) in [7, 11) is 1.66. The molecule has 2 rings (SSSR count). The van der Waals surface area contributed by atoms with Crippen molar-refractivity contribution in [2.45, 2.75) is 31.4 Å². The van der Waals surface area contributed by atoms with Crippen LogP contribution in [0.5, 0.6) is 5.75 Å². The number of thioether (sulfide) groups is 1. The third-order valence-corrected chi connectivity index (χ3v) is 4.62. The van der Waals surface area contributed by atoms with Gasteiger partial charge >= 0.3 is 0 Å². The first kappa shape index (κ1) is 15.6. The Labute approximate surface area is 130 Å². The van der Waals surface area contributed by atoms with Crippen LogP contribution in [0.3, 0.4) is 0 Å². The van der Waals surface area contributed by atoms with Crippen LogP contribution in [0.15, 0.2) is 41.3 Å². The normalized spacial score (nSPS) is 10.5. The molecule has 0 aromatic heterocycles. The maximum atomic E-state index is 11.5. The fourth-order valence-corrected chi connectivity index (χ4v) is 3.23. The zero-order valence-corrected chi connectivity index (χ0v) is 13.7. The molecule has 0 spiro atoms. The lowest BCUT2D eigenvalue weighted by atomic mass is 10.1. The van der Waals surface area contributed by atoms with Gasteiger partial charge in [0.05, 0.1) is 7.11 Å². The van der Waals surface area contributed by atoms with Gasteiger partial charge in [-0.3, -0.25) is 4.79 Å². The van der Waals surface area contributed by atoms with Crippen LogP contribution in [-0.2, 0) is 5.75 Å². The first-order valence-electron chi connectivity index (χ1n) is 6.89. The number of ketones is 1. The number of Topliss-reactive ketones (excluding diaryl/α,β-unsaturated/α-hetero) is 1. The Morgan fingerprint density at radius 2 is 1.90 bits per heavy atom. The SMILES string of the molecule is COc1ccc(C(C)=O)cc1CSc1cc(C)ccc1C. The molecule has 0 unspecified atom stereocenters. The summed E-state index contributed by atoms with van der Waals surface area (Å²) in [5.41, 5.74) is 4.31. The van der Waals surface area contributed by atoms with Crippen molar-refractivity contribution in [1.82, 2.24) is 0 Å². The highest BCUT2D eigenvalue weighted by Gasteiger charge is 2.09. The number of hydrogen-bond donors (Lipinski definition) is 0. The molecule has 21 heavy (non-hydrogen) atoms. The smallest absolute Gasteiger partial charge is 0.159 e. The van der Waals surface area contributed by atoms with E-state index in [9.17, 15) is 4.79 Å². The van der Waals surface area contributed by atoms with Gasteiger partial charge < -0.3 is 4.74 Å². The summed E-state index contributed by atoms with van der Waals surface area (Å²) >= 11 is 1.77. The summed E-state index contributed by atoms with van der Waals surface area (Å²) in [6.07, 6.45) is 0. The van der Waals surface area contributed by atoms with Crippen molar-refractivity contribution < 1.29 is 9.53 Å². The second-order valence-corrected chi connectivity index (χ2v) is 6.16. The molecule has 2 aromatic rings. The number of benzene rings is 2. The Balaban J connectivity index is 2.24. The van der Waals surface area contributed by atoms with Gasteiger partial charge in [-0.2, -0.15) is 0 Å². The summed E-state index contributed by atoms with van der Waals surface area (Å²) in [6, 6.07) is 12.1. The fraction of sp³-hybridized carbons (Fsp3) is 0.278. The molecule has 0 fully saturated rings. The van der Waals surface area contributed by atoms with Crippen LogP contribution in [0.2, 0.25) is 0 Å². The van der Waals surface area contributed by atoms with Crippen LogP contribution in [0.25, 0.3) is 0 Å². The first-order chi connectivity index (χ1) is 10.0. The van der Waals surface area contributed by atoms with E-state index in [1.54, 1.807) is 25.8 Å². The highest BCUT2D eigenvalue weighted by atomic mass is 32.2. The predicted octanol–water partition coefficient (Wildman–Crippen LogP) is 4.81. The van der Waals surface area contributed by atoms with Gasteiger partial charge in [0, 0.05) is 21.8 Å². The molecule has 0 radical (unpaired) electrons. The third-order valence-electron chi connectivity index (χ3n) is 3.41. The second-order valence-electron chi connectivity index (χ2n) is 5.14. The Bertz CT molecular complexity index is 662. The molecule has 0 amide bonds. The van der Waals surface area contributed by atoms with Crippen LogP contribution in [0.1, 0.15) is 34.0 Å². The maximum absolute atomic E-state index is 11.5. The Morgan fingerprint density at radius 3 is 2.57 bits per heavy atom. The quantitative estimate of drug-likeness (QED) is 0.585. The minimum absolute atomic E-state index is 0.0793. The van der Waals surface area contributed by atoms with Crippen molar-refractivity contribution in [3.8, 4) is 5.75 Å². The predicted molar refractivity (Wildman–Crippen MR) is 88.5 cm³/mol. The van der Waals surface area contributed by atoms with E-state index in [1.807, 2.05) is 18.2 Å². The molecular formula is C18H20O2S. The van der Waals surface area contributed by atoms with Gasteiger partial charge in [-0.1, -0.05) is 17.7 Å². The van der Waals surface area contributed by atoms with E-state index >= 15 is 0 Å². The van der Waals surface area contributed by atoms with Gasteiger partial charge in [0.2, 0.25) is 0 Å². The summed E-state index contributed by atoms with van der Waals surface area (Å²) in [5.74, 6) is 1.70. The molecular weight excluding hydrogens is 280 g/mol. The second kappa shape index (κ2) is 6.81. The zero-order valence-electron chi connectivity index (χ0n) is 12.9. The van der Waals surface area contributed by atoms with Crippen molar-refractivity contribution in [2.24, 2.45) is 0 Å². The number of hydrogen-bond acceptors (Lipinski definition) is 3. The Morgan fingerprint density at radius 1 is 1.14 bits per heavy atom. The molecule has 0 heterocycles. The van der Waals surface area contributed by atoms with Crippen molar-refractivity contribution >= 4 is 17.5 Å². The van der Waals surface area contributed by atoms with Crippen LogP contribution in [0.4, 0.5) is 0 Å². The topological polar surface area (TPSA) is 26.3 Å². The Hall–Kier alpha value is -1.74. The van der Waals surface area contributed by atoms with Crippen molar-refractivity contribution in [2.75, 3.05) is 7.11 Å². The van der Waals surface area contributed by atoms with Crippen LogP contribution in [0, 0.1) is 13.8 Å². The van der Waals surface area contributed by atoms with Gasteiger partial charge in [-0.05, 0) is 50.6 Å². The molecule has 3 heteroatoms. The number of carbonyl (C=O) groups is 1. The van der Waals surface area contributed by atoms with E-state index in [2.05, 4.69) is 32.0 Å². The standard InChI is InChI=1S/C18H20O2S/c1-12-5-6-13(2)18(9-12)21-11-16-10-15(14(3)19)7-8-17(16)20-4/h5-10H,11H2,1-4H3. The molecule has 0 aliphatic heterocycles. The molecule has 110 valence electrons. The minimum atomic E-state index is 0.0793. The minimum Gasteiger partial charge on any atom is -0.496 e. The lowest BCUT2D eigenvalue weighted by Crippen LogP contribution is -1.97. The first-order valence-corrected chi connectivity index (χ1v) is 7.87. The van der Waals surface area contributed by atoms with E-state index in [0.717, 1.165) is 22.6 Å². The molecule has 0 bridgehead atoms. The molecule has 0 N–H and O–H groups in total. The molecule has 0 saturated heterocycles. The van der Waals surface area contributed by atoms with E-state index in [0.29, 0.717) is 0 Å². The lowest BCUT2D eigenvalue weighted by Gasteiger charge is -2.11. The lowest BCUT2D eigenvalue weighted by molar-refractivity contribution is 0.101. The van der Waals surface area contributed by atoms with Crippen LogP contribution in [-0.4, -0.2) is 12.9 Å². The average molecular weight is 300 g/mol. The number of ether oxygens (including phenoxy) is 1.